The van der Waals surface area contributed by atoms with Gasteiger partial charge in [0.15, 0.2) is 11.5 Å². The van der Waals surface area contributed by atoms with Gasteiger partial charge in [-0.15, -0.1) is 0 Å². The minimum Gasteiger partial charge on any atom is -0.504 e. The first-order valence-electron chi connectivity index (χ1n) is 6.39. The molecule has 0 saturated carbocycles. The number of fused-ring (bicyclic) bond motifs is 1. The highest BCUT2D eigenvalue weighted by Crippen LogP contribution is 2.37. The monoisotopic (exact) mass is 261 g/mol. The lowest BCUT2D eigenvalue weighted by Crippen LogP contribution is -2.17. The fourth-order valence-corrected chi connectivity index (χ4v) is 2.09. The zero-order chi connectivity index (χ0) is 13.8. The first kappa shape index (κ1) is 13.4. The van der Waals surface area contributed by atoms with E-state index in [2.05, 4.69) is 10.3 Å². The topological polar surface area (TPSA) is 91.4 Å². The molecule has 5 nitrogen and oxygen atoms in total. The van der Waals surface area contributed by atoms with Gasteiger partial charge < -0.3 is 21.3 Å². The standard InChI is InChI=1S/C14H19N3O2/c1-9(4-2-6-15)17-11-8-12(18)14(19)10-5-3-7-16-13(10)11/h3,5,7-9,17-19H,2,4,6,15H2,1H3/t9-/m0/s1. The van der Waals surface area contributed by atoms with Gasteiger partial charge in [-0.1, -0.05) is 0 Å². The molecule has 102 valence electrons. The van der Waals surface area contributed by atoms with Gasteiger partial charge in [-0.2, -0.15) is 0 Å². The fraction of sp³-hybridized carbons (Fsp3) is 0.357. The Morgan fingerprint density at radius 3 is 2.95 bits per heavy atom. The van der Waals surface area contributed by atoms with Crippen LogP contribution in [0.3, 0.4) is 0 Å². The normalized spacial score (nSPS) is 12.5. The smallest absolute Gasteiger partial charge is 0.167 e. The van der Waals surface area contributed by atoms with Gasteiger partial charge in [0.05, 0.1) is 11.2 Å². The van der Waals surface area contributed by atoms with Crippen LogP contribution in [0.1, 0.15) is 19.8 Å². The number of phenols is 2. The highest BCUT2D eigenvalue weighted by Gasteiger charge is 2.12. The fourth-order valence-electron chi connectivity index (χ4n) is 2.09. The van der Waals surface area contributed by atoms with Crippen LogP contribution >= 0.6 is 0 Å². The molecule has 0 spiro atoms. The molecule has 1 atom stereocenters. The molecule has 2 rings (SSSR count). The van der Waals surface area contributed by atoms with Crippen LogP contribution in [0.25, 0.3) is 10.9 Å². The summed E-state index contributed by atoms with van der Waals surface area (Å²) in [4.78, 5) is 4.26. The second kappa shape index (κ2) is 5.75. The zero-order valence-electron chi connectivity index (χ0n) is 10.9. The van der Waals surface area contributed by atoms with Gasteiger partial charge in [0.1, 0.15) is 0 Å². The molecule has 0 amide bonds. The van der Waals surface area contributed by atoms with Crippen LogP contribution in [-0.2, 0) is 0 Å². The number of nitrogens with two attached hydrogens (primary N) is 1. The van der Waals surface area contributed by atoms with E-state index in [0.29, 0.717) is 17.4 Å². The maximum absolute atomic E-state index is 9.82. The molecule has 2 aromatic rings. The van der Waals surface area contributed by atoms with E-state index < -0.39 is 0 Å². The number of hydrogen-bond donors (Lipinski definition) is 4. The van der Waals surface area contributed by atoms with Crippen LogP contribution in [0, 0.1) is 0 Å². The molecule has 19 heavy (non-hydrogen) atoms. The summed E-state index contributed by atoms with van der Waals surface area (Å²) in [6.45, 7) is 2.71. The average molecular weight is 261 g/mol. The quantitative estimate of drug-likeness (QED) is 0.489. The van der Waals surface area contributed by atoms with Crippen molar-refractivity contribution >= 4 is 16.6 Å². The third-order valence-corrected chi connectivity index (χ3v) is 3.08. The number of rotatable bonds is 5. The maximum atomic E-state index is 9.82. The molecule has 0 bridgehead atoms. The Bertz CT molecular complexity index is 572. The highest BCUT2D eigenvalue weighted by molar-refractivity contribution is 5.96. The summed E-state index contributed by atoms with van der Waals surface area (Å²) in [6.07, 6.45) is 3.53. The summed E-state index contributed by atoms with van der Waals surface area (Å²) in [5.74, 6) is -0.280. The molecule has 0 fully saturated rings. The lowest BCUT2D eigenvalue weighted by Gasteiger charge is -2.17. The molecule has 0 radical (unpaired) electrons. The minimum absolute atomic E-state index is 0.136. The Labute approximate surface area is 112 Å². The Hall–Kier alpha value is -2.01. The molecule has 1 aromatic heterocycles. The molecule has 5 N–H and O–H groups in total. The van der Waals surface area contributed by atoms with Gasteiger partial charge in [-0.3, -0.25) is 4.98 Å². The van der Waals surface area contributed by atoms with Crippen LogP contribution in [0.4, 0.5) is 5.69 Å². The number of phenolic OH excluding ortho intramolecular Hbond substituents is 2. The Kier molecular flexibility index (Phi) is 4.06. The third-order valence-electron chi connectivity index (χ3n) is 3.08. The van der Waals surface area contributed by atoms with Crippen LogP contribution < -0.4 is 11.1 Å². The summed E-state index contributed by atoms with van der Waals surface area (Å²) in [7, 11) is 0. The summed E-state index contributed by atoms with van der Waals surface area (Å²) in [6, 6.07) is 5.18. The zero-order valence-corrected chi connectivity index (χ0v) is 10.9. The second-order valence-corrected chi connectivity index (χ2v) is 4.67. The predicted octanol–water partition coefficient (Wildman–Crippen LogP) is 2.19. The average Bonchev–Trinajstić information content (AvgIpc) is 2.42. The van der Waals surface area contributed by atoms with Gasteiger partial charge >= 0.3 is 0 Å². The van der Waals surface area contributed by atoms with Crippen molar-refractivity contribution < 1.29 is 10.2 Å². The highest BCUT2D eigenvalue weighted by atomic mass is 16.3. The summed E-state index contributed by atoms with van der Waals surface area (Å²) < 4.78 is 0. The maximum Gasteiger partial charge on any atom is 0.167 e. The van der Waals surface area contributed by atoms with E-state index in [1.165, 1.54) is 6.07 Å². The molecule has 5 heteroatoms. The second-order valence-electron chi connectivity index (χ2n) is 4.67. The van der Waals surface area contributed by atoms with Crippen molar-refractivity contribution in [3.63, 3.8) is 0 Å². The number of hydrogen-bond acceptors (Lipinski definition) is 5. The summed E-state index contributed by atoms with van der Waals surface area (Å²) in [5, 5.41) is 23.4. The van der Waals surface area contributed by atoms with E-state index in [0.717, 1.165) is 18.5 Å². The van der Waals surface area contributed by atoms with E-state index >= 15 is 0 Å². The number of benzene rings is 1. The number of nitrogens with zero attached hydrogens (tertiary/aromatic N) is 1. The number of anilines is 1. The van der Waals surface area contributed by atoms with Gasteiger partial charge in [-0.25, -0.2) is 0 Å². The van der Waals surface area contributed by atoms with E-state index in [-0.39, 0.29) is 17.5 Å². The summed E-state index contributed by atoms with van der Waals surface area (Å²) in [5.41, 5.74) is 6.86. The van der Waals surface area contributed by atoms with Crippen molar-refractivity contribution in [3.05, 3.63) is 24.4 Å². The number of pyridine rings is 1. The molecule has 0 aliphatic carbocycles. The lowest BCUT2D eigenvalue weighted by molar-refractivity contribution is 0.408. The molecule has 1 aromatic carbocycles. The first-order chi connectivity index (χ1) is 9.13. The first-order valence-corrected chi connectivity index (χ1v) is 6.39. The molecule has 0 aliphatic rings. The number of aromatic nitrogens is 1. The van der Waals surface area contributed by atoms with Gasteiger partial charge in [-0.05, 0) is 38.4 Å². The van der Waals surface area contributed by atoms with Crippen molar-refractivity contribution in [2.45, 2.75) is 25.8 Å². The van der Waals surface area contributed by atoms with E-state index in [4.69, 9.17) is 5.73 Å². The minimum atomic E-state index is -0.144. The van der Waals surface area contributed by atoms with Crippen LogP contribution in [0.5, 0.6) is 11.5 Å². The molecular weight excluding hydrogens is 242 g/mol. The predicted molar refractivity (Wildman–Crippen MR) is 76.4 cm³/mol. The van der Waals surface area contributed by atoms with E-state index in [1.54, 1.807) is 18.3 Å². The van der Waals surface area contributed by atoms with Crippen LogP contribution in [-0.4, -0.2) is 27.8 Å². The Balaban J connectivity index is 2.35. The van der Waals surface area contributed by atoms with Gasteiger partial charge in [0, 0.05) is 23.7 Å². The van der Waals surface area contributed by atoms with Gasteiger partial charge in [0.2, 0.25) is 0 Å². The SMILES string of the molecule is C[C@@H](CCCN)Nc1cc(O)c(O)c2cccnc12. The summed E-state index contributed by atoms with van der Waals surface area (Å²) >= 11 is 0. The molecule has 1 heterocycles. The van der Waals surface area contributed by atoms with E-state index in [1.807, 2.05) is 6.92 Å². The Morgan fingerprint density at radius 2 is 2.21 bits per heavy atom. The van der Waals surface area contributed by atoms with E-state index in [9.17, 15) is 10.2 Å². The number of nitrogens with one attached hydrogen (secondary N) is 1. The van der Waals surface area contributed by atoms with Crippen molar-refractivity contribution in [1.82, 2.24) is 4.98 Å². The van der Waals surface area contributed by atoms with Crippen molar-refractivity contribution in [2.75, 3.05) is 11.9 Å². The number of aromatic hydroxyl groups is 2. The van der Waals surface area contributed by atoms with Crippen molar-refractivity contribution in [2.24, 2.45) is 5.73 Å². The largest absolute Gasteiger partial charge is 0.504 e. The third kappa shape index (κ3) is 2.88. The van der Waals surface area contributed by atoms with Crippen LogP contribution in [0.2, 0.25) is 0 Å². The molecule has 0 unspecified atom stereocenters. The van der Waals surface area contributed by atoms with Crippen molar-refractivity contribution in [1.29, 1.82) is 0 Å². The Morgan fingerprint density at radius 1 is 1.42 bits per heavy atom. The van der Waals surface area contributed by atoms with Crippen LogP contribution in [0.15, 0.2) is 24.4 Å². The van der Waals surface area contributed by atoms with Gasteiger partial charge in [0.25, 0.3) is 0 Å². The lowest BCUT2D eigenvalue weighted by atomic mass is 10.1. The van der Waals surface area contributed by atoms with Crippen molar-refractivity contribution in [3.8, 4) is 11.5 Å². The molecule has 0 aliphatic heterocycles. The molecule has 0 saturated heterocycles. The molecular formula is C14H19N3O2.